The average molecular weight is 382 g/mol. The van der Waals surface area contributed by atoms with Crippen LogP contribution in [0.1, 0.15) is 100 Å². The highest BCUT2D eigenvalue weighted by Gasteiger charge is 2.47. The van der Waals surface area contributed by atoms with Crippen LogP contribution in [0.4, 0.5) is 0 Å². The van der Waals surface area contributed by atoms with Gasteiger partial charge in [0.25, 0.3) is 0 Å². The molecule has 1 aliphatic heterocycles. The van der Waals surface area contributed by atoms with Gasteiger partial charge in [0, 0.05) is 29.9 Å². The van der Waals surface area contributed by atoms with Gasteiger partial charge in [-0.1, -0.05) is 34.1 Å². The maximum absolute atomic E-state index is 6.20. The van der Waals surface area contributed by atoms with Crippen LogP contribution in [0.5, 0.6) is 0 Å². The second kappa shape index (κ2) is 11.5. The van der Waals surface area contributed by atoms with Crippen LogP contribution in [0, 0.1) is 5.92 Å². The van der Waals surface area contributed by atoms with E-state index >= 15 is 0 Å². The lowest BCUT2D eigenvalue weighted by atomic mass is 9.78. The molecule has 0 saturated carbocycles. The first kappa shape index (κ1) is 24.6. The van der Waals surface area contributed by atoms with Gasteiger partial charge < -0.3 is 0 Å². The number of unbranched alkanes of at least 4 members (excludes halogenated alkanes) is 1. The Bertz CT molecular complexity index is 411. The smallest absolute Gasteiger partial charge is 0.0908 e. The SMILES string of the molecule is CCCCN(CN=CC(CC)CC)C1CC(C)(C)N(OCCC)C(C)(C)C1. The average Bonchev–Trinajstić information content (AvgIpc) is 2.59. The fourth-order valence-corrected chi connectivity index (χ4v) is 4.53. The monoisotopic (exact) mass is 381 g/mol. The van der Waals surface area contributed by atoms with Crippen molar-refractivity contribution in [1.82, 2.24) is 9.96 Å². The molecule has 4 nitrogen and oxygen atoms in total. The Morgan fingerprint density at radius 2 is 1.63 bits per heavy atom. The summed E-state index contributed by atoms with van der Waals surface area (Å²) in [7, 11) is 0. The van der Waals surface area contributed by atoms with Gasteiger partial charge in [-0.15, -0.1) is 0 Å². The Hall–Kier alpha value is -0.450. The van der Waals surface area contributed by atoms with Crippen molar-refractivity contribution in [2.45, 2.75) is 117 Å². The highest BCUT2D eigenvalue weighted by molar-refractivity contribution is 5.60. The van der Waals surface area contributed by atoms with Crippen LogP contribution >= 0.6 is 0 Å². The molecule has 0 unspecified atom stereocenters. The number of hydrogen-bond donors (Lipinski definition) is 0. The van der Waals surface area contributed by atoms with Crippen molar-refractivity contribution in [2.75, 3.05) is 19.8 Å². The minimum Gasteiger partial charge on any atom is -0.298 e. The topological polar surface area (TPSA) is 28.1 Å². The predicted octanol–water partition coefficient (Wildman–Crippen LogP) is 5.92. The lowest BCUT2D eigenvalue weighted by Gasteiger charge is -2.55. The second-order valence-electron chi connectivity index (χ2n) is 9.53. The quantitative estimate of drug-likeness (QED) is 0.393. The van der Waals surface area contributed by atoms with Gasteiger partial charge in [-0.25, -0.2) is 0 Å². The summed E-state index contributed by atoms with van der Waals surface area (Å²) in [6.07, 6.45) is 10.4. The third kappa shape index (κ3) is 7.47. The molecule has 1 fully saturated rings. The van der Waals surface area contributed by atoms with E-state index in [1.807, 2.05) is 0 Å². The van der Waals surface area contributed by atoms with E-state index in [1.54, 1.807) is 0 Å². The molecule has 0 aromatic heterocycles. The summed E-state index contributed by atoms with van der Waals surface area (Å²) in [6, 6.07) is 0.557. The summed E-state index contributed by atoms with van der Waals surface area (Å²) in [5, 5.41) is 2.28. The molecule has 27 heavy (non-hydrogen) atoms. The normalized spacial score (nSPS) is 21.0. The fraction of sp³-hybridized carbons (Fsp3) is 0.957. The van der Waals surface area contributed by atoms with Crippen molar-refractivity contribution < 1.29 is 4.84 Å². The number of aliphatic imine (C=N–C) groups is 1. The van der Waals surface area contributed by atoms with E-state index in [0.29, 0.717) is 12.0 Å². The first-order valence-electron chi connectivity index (χ1n) is 11.4. The molecule has 0 radical (unpaired) electrons. The Kier molecular flexibility index (Phi) is 10.5. The van der Waals surface area contributed by atoms with Crippen LogP contribution in [0.2, 0.25) is 0 Å². The van der Waals surface area contributed by atoms with Gasteiger partial charge in [0.15, 0.2) is 0 Å². The van der Waals surface area contributed by atoms with Crippen molar-refractivity contribution in [3.63, 3.8) is 0 Å². The Labute approximate surface area is 169 Å². The second-order valence-corrected chi connectivity index (χ2v) is 9.53. The first-order chi connectivity index (χ1) is 12.7. The first-order valence-corrected chi connectivity index (χ1v) is 11.4. The van der Waals surface area contributed by atoms with Crippen molar-refractivity contribution in [3.8, 4) is 0 Å². The Morgan fingerprint density at radius 1 is 1.04 bits per heavy atom. The van der Waals surface area contributed by atoms with Crippen LogP contribution < -0.4 is 0 Å². The number of hydroxylamine groups is 2. The molecule has 1 heterocycles. The van der Waals surface area contributed by atoms with Crippen molar-refractivity contribution in [3.05, 3.63) is 0 Å². The summed E-state index contributed by atoms with van der Waals surface area (Å²) >= 11 is 0. The van der Waals surface area contributed by atoms with Crippen molar-refractivity contribution >= 4 is 6.21 Å². The summed E-state index contributed by atoms with van der Waals surface area (Å²) in [4.78, 5) is 13.7. The van der Waals surface area contributed by atoms with E-state index in [2.05, 4.69) is 71.6 Å². The molecule has 0 amide bonds. The number of hydrogen-bond acceptors (Lipinski definition) is 4. The Morgan fingerprint density at radius 3 is 2.11 bits per heavy atom. The molecule has 0 N–H and O–H groups in total. The van der Waals surface area contributed by atoms with Crippen LogP contribution in [0.15, 0.2) is 4.99 Å². The molecule has 4 heteroatoms. The van der Waals surface area contributed by atoms with E-state index in [0.717, 1.165) is 39.1 Å². The third-order valence-electron chi connectivity index (χ3n) is 5.94. The van der Waals surface area contributed by atoms with Gasteiger partial charge in [-0.2, -0.15) is 5.06 Å². The lowest BCUT2D eigenvalue weighted by molar-refractivity contribution is -0.288. The van der Waals surface area contributed by atoms with Crippen molar-refractivity contribution in [1.29, 1.82) is 0 Å². The fourth-order valence-electron chi connectivity index (χ4n) is 4.53. The molecule has 0 atom stereocenters. The number of nitrogens with zero attached hydrogens (tertiary/aromatic N) is 3. The maximum atomic E-state index is 6.20. The van der Waals surface area contributed by atoms with Crippen LogP contribution in [-0.4, -0.2) is 53.1 Å². The van der Waals surface area contributed by atoms with E-state index < -0.39 is 0 Å². The van der Waals surface area contributed by atoms with Gasteiger partial charge in [0.05, 0.1) is 13.3 Å². The largest absolute Gasteiger partial charge is 0.298 e. The van der Waals surface area contributed by atoms with Crippen LogP contribution in [0.25, 0.3) is 0 Å². The minimum absolute atomic E-state index is 0.0329. The molecular weight excluding hydrogens is 334 g/mol. The van der Waals surface area contributed by atoms with Gasteiger partial charge in [0.1, 0.15) is 0 Å². The van der Waals surface area contributed by atoms with Gasteiger partial charge >= 0.3 is 0 Å². The molecule has 0 aromatic rings. The molecule has 1 saturated heterocycles. The lowest BCUT2D eigenvalue weighted by Crippen LogP contribution is -2.64. The number of rotatable bonds is 12. The summed E-state index contributed by atoms with van der Waals surface area (Å²) in [5.74, 6) is 0.621. The molecule has 0 bridgehead atoms. The third-order valence-corrected chi connectivity index (χ3v) is 5.94. The molecule has 0 spiro atoms. The summed E-state index contributed by atoms with van der Waals surface area (Å²) in [5.41, 5.74) is 0.0658. The highest BCUT2D eigenvalue weighted by Crippen LogP contribution is 2.40. The minimum atomic E-state index is 0.0329. The van der Waals surface area contributed by atoms with E-state index in [-0.39, 0.29) is 11.1 Å². The van der Waals surface area contributed by atoms with Gasteiger partial charge in [0.2, 0.25) is 0 Å². The van der Waals surface area contributed by atoms with Crippen molar-refractivity contribution in [2.24, 2.45) is 10.9 Å². The van der Waals surface area contributed by atoms with Gasteiger partial charge in [-0.3, -0.25) is 14.7 Å². The zero-order chi connectivity index (χ0) is 20.5. The van der Waals surface area contributed by atoms with E-state index in [4.69, 9.17) is 9.83 Å². The molecule has 160 valence electrons. The predicted molar refractivity (Wildman–Crippen MR) is 118 cm³/mol. The highest BCUT2D eigenvalue weighted by atomic mass is 16.7. The zero-order valence-corrected chi connectivity index (χ0v) is 19.6. The van der Waals surface area contributed by atoms with E-state index in [9.17, 15) is 0 Å². The van der Waals surface area contributed by atoms with Gasteiger partial charge in [-0.05, 0) is 72.1 Å². The molecule has 0 aliphatic carbocycles. The molecule has 0 aromatic carbocycles. The molecular formula is C23H47N3O. The summed E-state index contributed by atoms with van der Waals surface area (Å²) in [6.45, 7) is 21.1. The van der Waals surface area contributed by atoms with E-state index in [1.165, 1.54) is 25.7 Å². The van der Waals surface area contributed by atoms with Crippen LogP contribution in [0.3, 0.4) is 0 Å². The van der Waals surface area contributed by atoms with Crippen LogP contribution in [-0.2, 0) is 4.84 Å². The maximum Gasteiger partial charge on any atom is 0.0908 e. The standard InChI is InChI=1S/C23H47N3O/c1-9-13-14-25(19-24-18-20(11-3)12-4)21-16-22(5,6)26(27-15-10-2)23(7,8)17-21/h18,20-21H,9-17,19H2,1-8H3. The summed E-state index contributed by atoms with van der Waals surface area (Å²) < 4.78 is 0. The molecule has 1 rings (SSSR count). The number of piperidine rings is 1. The Balaban J connectivity index is 2.89. The molecule has 1 aliphatic rings. The zero-order valence-electron chi connectivity index (χ0n) is 19.6.